The molecule has 1 saturated carbocycles. The van der Waals surface area contributed by atoms with E-state index in [1.165, 1.54) is 0 Å². The Kier molecular flexibility index (Phi) is 6.53. The maximum atomic E-state index is 13.0. The molecular weight excluding hydrogens is 397 g/mol. The molecule has 5 nitrogen and oxygen atoms in total. The summed E-state index contributed by atoms with van der Waals surface area (Å²) in [6.07, 6.45) is 0.788. The van der Waals surface area contributed by atoms with Crippen LogP contribution in [0.4, 0.5) is 13.2 Å². The second-order valence-electron chi connectivity index (χ2n) is 8.53. The minimum Gasteiger partial charge on any atom is -0.483 e. The summed E-state index contributed by atoms with van der Waals surface area (Å²) in [7, 11) is 0. The van der Waals surface area contributed by atoms with Gasteiger partial charge in [0, 0.05) is 12.6 Å². The number of para-hydroxylation sites is 1. The average Bonchev–Trinajstić information content (AvgIpc) is 2.75. The minimum absolute atomic E-state index is 0.0808. The molecule has 0 unspecified atom stereocenters. The van der Waals surface area contributed by atoms with E-state index in [4.69, 9.17) is 9.47 Å². The van der Waals surface area contributed by atoms with Crippen LogP contribution in [-0.2, 0) is 9.53 Å². The zero-order valence-electron chi connectivity index (χ0n) is 17.0. The number of nitrogens with one attached hydrogen (secondary N) is 1. The topological polar surface area (TPSA) is 50.8 Å². The van der Waals surface area contributed by atoms with Gasteiger partial charge in [0.15, 0.2) is 6.61 Å². The lowest BCUT2D eigenvalue weighted by atomic mass is 9.82. The largest absolute Gasteiger partial charge is 0.483 e. The Bertz CT molecular complexity index is 735. The van der Waals surface area contributed by atoms with Gasteiger partial charge in [-0.2, -0.15) is 13.2 Å². The van der Waals surface area contributed by atoms with Gasteiger partial charge in [-0.25, -0.2) is 0 Å². The maximum Gasteiger partial charge on any atom is 0.401 e. The van der Waals surface area contributed by atoms with Gasteiger partial charge in [0.1, 0.15) is 5.75 Å². The van der Waals surface area contributed by atoms with Gasteiger partial charge < -0.3 is 19.7 Å². The van der Waals surface area contributed by atoms with Crippen LogP contribution in [0.2, 0.25) is 0 Å². The number of ether oxygens (including phenoxy) is 2. The van der Waals surface area contributed by atoms with E-state index in [0.717, 1.165) is 37.0 Å². The predicted molar refractivity (Wildman–Crippen MR) is 105 cm³/mol. The highest BCUT2D eigenvalue weighted by molar-refractivity contribution is 5.78. The van der Waals surface area contributed by atoms with Gasteiger partial charge >= 0.3 is 6.18 Å². The van der Waals surface area contributed by atoms with Crippen LogP contribution in [0.25, 0.3) is 0 Å². The van der Waals surface area contributed by atoms with Gasteiger partial charge in [0.25, 0.3) is 5.91 Å². The zero-order valence-corrected chi connectivity index (χ0v) is 17.0. The quantitative estimate of drug-likeness (QED) is 0.785. The third-order valence-electron chi connectivity index (χ3n) is 6.55. The molecule has 5 rings (SSSR count). The maximum absolute atomic E-state index is 13.0. The molecule has 0 spiro atoms. The SMILES string of the molecule is O=C1COc2ccccc2C2CCC(CC2)OC[C@H]2[C@@H](NCC(F)(F)F)CCCN12. The van der Waals surface area contributed by atoms with Gasteiger partial charge in [0.2, 0.25) is 0 Å². The van der Waals surface area contributed by atoms with Crippen molar-refractivity contribution in [2.45, 2.75) is 68.8 Å². The fraction of sp³-hybridized carbons (Fsp3) is 0.682. The van der Waals surface area contributed by atoms with Crippen molar-refractivity contribution in [3.8, 4) is 5.75 Å². The molecule has 1 aromatic rings. The van der Waals surface area contributed by atoms with Crippen molar-refractivity contribution in [1.82, 2.24) is 10.2 Å². The van der Waals surface area contributed by atoms with E-state index in [-0.39, 0.29) is 25.2 Å². The van der Waals surface area contributed by atoms with Gasteiger partial charge in [-0.3, -0.25) is 4.79 Å². The van der Waals surface area contributed by atoms with E-state index in [0.29, 0.717) is 25.3 Å². The normalized spacial score (nSPS) is 30.4. The van der Waals surface area contributed by atoms with Crippen LogP contribution in [0.1, 0.15) is 50.0 Å². The smallest absolute Gasteiger partial charge is 0.401 e. The van der Waals surface area contributed by atoms with E-state index >= 15 is 0 Å². The molecule has 3 heterocycles. The van der Waals surface area contributed by atoms with Crippen molar-refractivity contribution in [3.63, 3.8) is 0 Å². The summed E-state index contributed by atoms with van der Waals surface area (Å²) < 4.78 is 50.4. The molecule has 166 valence electrons. The second-order valence-corrected chi connectivity index (χ2v) is 8.53. The number of benzene rings is 1. The summed E-state index contributed by atoms with van der Waals surface area (Å²) >= 11 is 0. The van der Waals surface area contributed by atoms with Gasteiger partial charge in [-0.1, -0.05) is 18.2 Å². The van der Waals surface area contributed by atoms with Crippen molar-refractivity contribution in [2.75, 3.05) is 26.3 Å². The van der Waals surface area contributed by atoms with Gasteiger partial charge in [0.05, 0.1) is 25.3 Å². The van der Waals surface area contributed by atoms with Crippen LogP contribution < -0.4 is 10.1 Å². The van der Waals surface area contributed by atoms with Gasteiger partial charge in [-0.15, -0.1) is 0 Å². The molecule has 2 atom stereocenters. The number of hydrogen-bond acceptors (Lipinski definition) is 4. The van der Waals surface area contributed by atoms with Crippen LogP contribution in [0.5, 0.6) is 5.75 Å². The standard InChI is InChI=1S/C22H29F3N2O3/c23-22(24,25)14-26-18-5-3-11-27-19(18)12-29-16-9-7-15(8-10-16)17-4-1-2-6-20(17)30-13-21(27)28/h1-2,4,6,15-16,18-19,26H,3,5,7-14H2/t15?,16?,18-,19-/m0/s1. The molecule has 3 aliphatic heterocycles. The van der Waals surface area contributed by atoms with Crippen LogP contribution >= 0.6 is 0 Å². The molecule has 8 heteroatoms. The van der Waals surface area contributed by atoms with E-state index in [2.05, 4.69) is 11.4 Å². The fourth-order valence-corrected chi connectivity index (χ4v) is 5.00. The first-order valence-electron chi connectivity index (χ1n) is 10.8. The lowest BCUT2D eigenvalue weighted by Crippen LogP contribution is -2.59. The van der Waals surface area contributed by atoms with Crippen LogP contribution in [-0.4, -0.2) is 61.5 Å². The average molecular weight is 426 g/mol. The Morgan fingerprint density at radius 3 is 2.63 bits per heavy atom. The number of rotatable bonds is 2. The van der Waals surface area contributed by atoms with E-state index in [1.54, 1.807) is 4.90 Å². The molecule has 4 aliphatic rings. The number of amides is 1. The van der Waals surface area contributed by atoms with Gasteiger partial charge in [-0.05, 0) is 56.1 Å². The van der Waals surface area contributed by atoms with Crippen molar-refractivity contribution in [1.29, 1.82) is 0 Å². The minimum atomic E-state index is -4.29. The number of alkyl halides is 3. The molecule has 1 N–H and O–H groups in total. The Labute approximate surface area is 174 Å². The van der Waals surface area contributed by atoms with Crippen molar-refractivity contribution in [2.24, 2.45) is 0 Å². The molecule has 0 aromatic heterocycles. The summed E-state index contributed by atoms with van der Waals surface area (Å²) in [5, 5.41) is 2.62. The first kappa shape index (κ1) is 21.4. The number of carbonyl (C=O) groups excluding carboxylic acids is 1. The molecule has 2 bridgehead atoms. The summed E-state index contributed by atoms with van der Waals surface area (Å²) in [5.74, 6) is 0.902. The highest BCUT2D eigenvalue weighted by Gasteiger charge is 2.38. The Balaban J connectivity index is 1.55. The zero-order chi connectivity index (χ0) is 21.1. The highest BCUT2D eigenvalue weighted by Crippen LogP contribution is 2.38. The lowest BCUT2D eigenvalue weighted by Gasteiger charge is -2.42. The molecule has 1 amide bonds. The molecule has 1 aliphatic carbocycles. The van der Waals surface area contributed by atoms with Crippen LogP contribution in [0.3, 0.4) is 0 Å². The summed E-state index contributed by atoms with van der Waals surface area (Å²) in [6.45, 7) is -0.417. The van der Waals surface area contributed by atoms with E-state index in [1.807, 2.05) is 18.2 Å². The van der Waals surface area contributed by atoms with E-state index < -0.39 is 24.8 Å². The molecule has 0 radical (unpaired) electrons. The first-order chi connectivity index (χ1) is 14.4. The molecule has 1 aromatic carbocycles. The molecule has 30 heavy (non-hydrogen) atoms. The lowest BCUT2D eigenvalue weighted by molar-refractivity contribution is -0.143. The van der Waals surface area contributed by atoms with Crippen molar-refractivity contribution >= 4 is 5.91 Å². The Morgan fingerprint density at radius 1 is 1.10 bits per heavy atom. The summed E-state index contributed by atoms with van der Waals surface area (Å²) in [6, 6.07) is 6.97. The number of carbonyl (C=O) groups is 1. The third-order valence-corrected chi connectivity index (χ3v) is 6.55. The summed E-state index contributed by atoms with van der Waals surface area (Å²) in [5.41, 5.74) is 1.13. The molecule has 1 saturated heterocycles. The number of hydrogen-bond donors (Lipinski definition) is 1. The molecule has 2 fully saturated rings. The predicted octanol–water partition coefficient (Wildman–Crippen LogP) is 3.63. The number of fused-ring (bicyclic) bond motifs is 5. The number of halogens is 3. The Morgan fingerprint density at radius 2 is 1.87 bits per heavy atom. The Hall–Kier alpha value is -1.80. The third kappa shape index (κ3) is 5.09. The molecular formula is C22H29F3N2O3. The number of piperidine rings is 1. The first-order valence-corrected chi connectivity index (χ1v) is 10.8. The van der Waals surface area contributed by atoms with Crippen LogP contribution in [0.15, 0.2) is 24.3 Å². The monoisotopic (exact) mass is 426 g/mol. The van der Waals surface area contributed by atoms with E-state index in [9.17, 15) is 18.0 Å². The fourth-order valence-electron chi connectivity index (χ4n) is 5.00. The number of nitrogens with zero attached hydrogens (tertiary/aromatic N) is 1. The van der Waals surface area contributed by atoms with Crippen molar-refractivity contribution < 1.29 is 27.4 Å². The second kappa shape index (κ2) is 9.14. The summed E-state index contributed by atoms with van der Waals surface area (Å²) in [4.78, 5) is 14.6. The highest BCUT2D eigenvalue weighted by atomic mass is 19.4. The van der Waals surface area contributed by atoms with Crippen LogP contribution in [0, 0.1) is 0 Å². The van der Waals surface area contributed by atoms with Crippen molar-refractivity contribution in [3.05, 3.63) is 29.8 Å².